The third kappa shape index (κ3) is 3.18. The molecule has 1 amide bonds. The number of aromatic nitrogens is 2. The van der Waals surface area contributed by atoms with Crippen LogP contribution in [0.25, 0.3) is 11.3 Å². The average molecular weight is 366 g/mol. The summed E-state index contributed by atoms with van der Waals surface area (Å²) in [5, 5.41) is 9.40. The van der Waals surface area contributed by atoms with E-state index in [-0.39, 0.29) is 34.1 Å². The summed E-state index contributed by atoms with van der Waals surface area (Å²) in [7, 11) is 0. The minimum Gasteiger partial charge on any atom is -0.360 e. The number of thiazole rings is 1. The average Bonchev–Trinajstić information content (AvgIpc) is 3.11. The van der Waals surface area contributed by atoms with Gasteiger partial charge < -0.3 is 9.84 Å². The van der Waals surface area contributed by atoms with Gasteiger partial charge in [-0.1, -0.05) is 22.8 Å². The van der Waals surface area contributed by atoms with E-state index in [4.69, 9.17) is 16.1 Å². The molecule has 3 rings (SSSR count). The van der Waals surface area contributed by atoms with E-state index in [9.17, 15) is 9.18 Å². The van der Waals surface area contributed by atoms with Crippen molar-refractivity contribution in [2.45, 2.75) is 20.4 Å². The number of nitrogens with one attached hydrogen (secondary N) is 1. The van der Waals surface area contributed by atoms with Crippen LogP contribution in [0.2, 0.25) is 5.02 Å². The van der Waals surface area contributed by atoms with Crippen molar-refractivity contribution in [1.29, 1.82) is 0 Å². The van der Waals surface area contributed by atoms with Gasteiger partial charge in [-0.15, -0.1) is 11.3 Å². The fourth-order valence-electron chi connectivity index (χ4n) is 2.26. The predicted molar refractivity (Wildman–Crippen MR) is 89.7 cm³/mol. The van der Waals surface area contributed by atoms with Crippen LogP contribution in [0.3, 0.4) is 0 Å². The molecule has 24 heavy (non-hydrogen) atoms. The first-order valence-corrected chi connectivity index (χ1v) is 8.33. The molecule has 1 aromatic carbocycles. The highest BCUT2D eigenvalue weighted by Gasteiger charge is 2.25. The summed E-state index contributed by atoms with van der Waals surface area (Å²) in [6.45, 7) is 3.74. The second-order valence-corrected chi connectivity index (χ2v) is 6.47. The molecule has 2 heterocycles. The van der Waals surface area contributed by atoms with Crippen LogP contribution < -0.4 is 5.32 Å². The highest BCUT2D eigenvalue weighted by molar-refractivity contribution is 7.09. The van der Waals surface area contributed by atoms with Crippen molar-refractivity contribution in [2.75, 3.05) is 0 Å². The highest BCUT2D eigenvalue weighted by atomic mass is 35.5. The van der Waals surface area contributed by atoms with Gasteiger partial charge >= 0.3 is 0 Å². The summed E-state index contributed by atoms with van der Waals surface area (Å²) in [5.74, 6) is -0.700. The van der Waals surface area contributed by atoms with E-state index in [0.717, 1.165) is 10.7 Å². The number of carbonyl (C=O) groups is 1. The van der Waals surface area contributed by atoms with Gasteiger partial charge in [0, 0.05) is 11.1 Å². The lowest BCUT2D eigenvalue weighted by Gasteiger charge is -2.06. The Morgan fingerprint density at radius 1 is 1.42 bits per heavy atom. The quantitative estimate of drug-likeness (QED) is 0.754. The molecule has 0 spiro atoms. The van der Waals surface area contributed by atoms with Gasteiger partial charge in [-0.25, -0.2) is 9.37 Å². The number of amides is 1. The van der Waals surface area contributed by atoms with Crippen LogP contribution >= 0.6 is 22.9 Å². The number of aryl methyl sites for hydroxylation is 2. The molecule has 0 atom stereocenters. The maximum atomic E-state index is 14.1. The molecule has 5 nitrogen and oxygen atoms in total. The van der Waals surface area contributed by atoms with Gasteiger partial charge in [0.15, 0.2) is 0 Å². The molecular weight excluding hydrogens is 353 g/mol. The number of benzene rings is 1. The first kappa shape index (κ1) is 16.6. The molecular formula is C16H13ClFN3O2S. The number of carbonyl (C=O) groups excluding carboxylic acids is 1. The molecule has 0 saturated carbocycles. The molecule has 0 aliphatic rings. The molecule has 0 fully saturated rings. The topological polar surface area (TPSA) is 68.0 Å². The highest BCUT2D eigenvalue weighted by Crippen LogP contribution is 2.33. The summed E-state index contributed by atoms with van der Waals surface area (Å²) in [5.41, 5.74) is 1.19. The number of hydrogen-bond donors (Lipinski definition) is 1. The van der Waals surface area contributed by atoms with E-state index in [2.05, 4.69) is 15.5 Å². The van der Waals surface area contributed by atoms with E-state index in [1.165, 1.54) is 29.5 Å². The molecule has 0 saturated heterocycles. The molecule has 0 unspecified atom stereocenters. The Hall–Kier alpha value is -2.25. The SMILES string of the molecule is Cc1csc(CNC(=O)c2c(-c3c(F)cccc3Cl)noc2C)n1. The summed E-state index contributed by atoms with van der Waals surface area (Å²) >= 11 is 7.52. The van der Waals surface area contributed by atoms with Crippen molar-refractivity contribution in [3.63, 3.8) is 0 Å². The Kier molecular flexibility index (Phi) is 4.64. The Morgan fingerprint density at radius 2 is 2.21 bits per heavy atom. The minimum absolute atomic E-state index is 0.0475. The van der Waals surface area contributed by atoms with Gasteiger partial charge in [0.2, 0.25) is 0 Å². The summed E-state index contributed by atoms with van der Waals surface area (Å²) in [4.78, 5) is 16.8. The Balaban J connectivity index is 1.91. The normalized spacial score (nSPS) is 10.8. The first-order chi connectivity index (χ1) is 11.5. The van der Waals surface area contributed by atoms with Crippen LogP contribution in [-0.4, -0.2) is 16.0 Å². The van der Waals surface area contributed by atoms with Gasteiger partial charge in [-0.2, -0.15) is 0 Å². The molecule has 0 radical (unpaired) electrons. The minimum atomic E-state index is -0.569. The van der Waals surface area contributed by atoms with Gasteiger partial charge in [0.1, 0.15) is 27.8 Å². The van der Waals surface area contributed by atoms with Crippen LogP contribution in [0.5, 0.6) is 0 Å². The number of halogens is 2. The maximum absolute atomic E-state index is 14.1. The lowest BCUT2D eigenvalue weighted by molar-refractivity contribution is 0.0950. The largest absolute Gasteiger partial charge is 0.360 e. The number of hydrogen-bond acceptors (Lipinski definition) is 5. The van der Waals surface area contributed by atoms with Crippen LogP contribution in [0, 0.1) is 19.7 Å². The third-order valence-electron chi connectivity index (χ3n) is 3.36. The van der Waals surface area contributed by atoms with Crippen molar-refractivity contribution in [3.8, 4) is 11.3 Å². The maximum Gasteiger partial charge on any atom is 0.257 e. The van der Waals surface area contributed by atoms with Gasteiger partial charge in [0.25, 0.3) is 5.91 Å². The molecule has 2 aromatic heterocycles. The summed E-state index contributed by atoms with van der Waals surface area (Å²) in [6.07, 6.45) is 0. The van der Waals surface area contributed by atoms with E-state index in [0.29, 0.717) is 0 Å². The van der Waals surface area contributed by atoms with Crippen molar-refractivity contribution in [3.05, 3.63) is 56.4 Å². The summed E-state index contributed by atoms with van der Waals surface area (Å²) < 4.78 is 19.2. The van der Waals surface area contributed by atoms with Gasteiger partial charge in [0.05, 0.1) is 17.1 Å². The smallest absolute Gasteiger partial charge is 0.257 e. The van der Waals surface area contributed by atoms with Crippen molar-refractivity contribution >= 4 is 28.8 Å². The fraction of sp³-hybridized carbons (Fsp3) is 0.188. The van der Waals surface area contributed by atoms with E-state index in [1.807, 2.05) is 12.3 Å². The molecule has 0 aliphatic heterocycles. The second-order valence-electron chi connectivity index (χ2n) is 5.12. The lowest BCUT2D eigenvalue weighted by Crippen LogP contribution is -2.23. The van der Waals surface area contributed by atoms with Crippen molar-refractivity contribution in [1.82, 2.24) is 15.5 Å². The number of nitrogens with zero attached hydrogens (tertiary/aromatic N) is 2. The first-order valence-electron chi connectivity index (χ1n) is 7.07. The van der Waals surface area contributed by atoms with Gasteiger partial charge in [-0.3, -0.25) is 4.79 Å². The zero-order valence-electron chi connectivity index (χ0n) is 12.9. The molecule has 124 valence electrons. The molecule has 0 aliphatic carbocycles. The van der Waals surface area contributed by atoms with Crippen LogP contribution in [-0.2, 0) is 6.54 Å². The van der Waals surface area contributed by atoms with E-state index < -0.39 is 11.7 Å². The number of rotatable bonds is 4. The zero-order chi connectivity index (χ0) is 17.3. The monoisotopic (exact) mass is 365 g/mol. The third-order valence-corrected chi connectivity index (χ3v) is 4.64. The lowest BCUT2D eigenvalue weighted by atomic mass is 10.0. The predicted octanol–water partition coefficient (Wildman–Crippen LogP) is 4.14. The Labute approximate surface area is 146 Å². The standard InChI is InChI=1S/C16H13ClFN3O2S/c1-8-7-24-12(20-8)6-19-16(22)13-9(2)23-21-15(13)14-10(17)4-3-5-11(14)18/h3-5,7H,6H2,1-2H3,(H,19,22). The molecule has 0 bridgehead atoms. The van der Waals surface area contributed by atoms with Gasteiger partial charge in [-0.05, 0) is 26.0 Å². The molecule has 8 heteroatoms. The molecule has 1 N–H and O–H groups in total. The van der Waals surface area contributed by atoms with Crippen LogP contribution in [0.1, 0.15) is 26.8 Å². The van der Waals surface area contributed by atoms with Crippen molar-refractivity contribution in [2.24, 2.45) is 0 Å². The Morgan fingerprint density at radius 3 is 2.88 bits per heavy atom. The second kappa shape index (κ2) is 6.70. The molecule has 3 aromatic rings. The zero-order valence-corrected chi connectivity index (χ0v) is 14.5. The van der Waals surface area contributed by atoms with E-state index >= 15 is 0 Å². The van der Waals surface area contributed by atoms with Crippen LogP contribution in [0.4, 0.5) is 4.39 Å². The fourth-order valence-corrected chi connectivity index (χ4v) is 3.23. The van der Waals surface area contributed by atoms with Crippen molar-refractivity contribution < 1.29 is 13.7 Å². The summed E-state index contributed by atoms with van der Waals surface area (Å²) in [6, 6.07) is 4.27. The Bertz CT molecular complexity index is 886. The van der Waals surface area contributed by atoms with E-state index in [1.54, 1.807) is 6.92 Å². The van der Waals surface area contributed by atoms with Crippen LogP contribution in [0.15, 0.2) is 28.1 Å².